The SMILES string of the molecule is CC(C)(S)CN(C(=O)Oc1ccncc1)c1ccc2ncsc2c1. The summed E-state index contributed by atoms with van der Waals surface area (Å²) in [5.74, 6) is 0.454. The van der Waals surface area contributed by atoms with Crippen LogP contribution in [0.5, 0.6) is 5.75 Å². The van der Waals surface area contributed by atoms with E-state index in [4.69, 9.17) is 4.74 Å². The molecule has 0 unspecified atom stereocenters. The van der Waals surface area contributed by atoms with E-state index in [1.165, 1.54) is 11.3 Å². The van der Waals surface area contributed by atoms with Crippen LogP contribution in [0.1, 0.15) is 13.8 Å². The first-order valence-corrected chi connectivity index (χ1v) is 8.70. The Morgan fingerprint density at radius 1 is 1.29 bits per heavy atom. The van der Waals surface area contributed by atoms with E-state index >= 15 is 0 Å². The molecule has 124 valence electrons. The lowest BCUT2D eigenvalue weighted by atomic mass is 10.1. The highest BCUT2D eigenvalue weighted by Gasteiger charge is 2.25. The van der Waals surface area contributed by atoms with Crippen LogP contribution in [0.2, 0.25) is 0 Å². The molecule has 0 N–H and O–H groups in total. The molecule has 0 atom stereocenters. The number of ether oxygens (including phenoxy) is 1. The van der Waals surface area contributed by atoms with Crippen molar-refractivity contribution < 1.29 is 9.53 Å². The fourth-order valence-corrected chi connectivity index (χ4v) is 3.07. The number of carbonyl (C=O) groups is 1. The number of benzene rings is 1. The van der Waals surface area contributed by atoms with Crippen molar-refractivity contribution in [2.45, 2.75) is 18.6 Å². The third kappa shape index (κ3) is 4.04. The fraction of sp³-hybridized carbons (Fsp3) is 0.235. The number of thiol groups is 1. The third-order valence-corrected chi connectivity index (χ3v) is 4.18. The van der Waals surface area contributed by atoms with E-state index < -0.39 is 6.09 Å². The van der Waals surface area contributed by atoms with Gasteiger partial charge < -0.3 is 4.74 Å². The summed E-state index contributed by atoms with van der Waals surface area (Å²) in [6.07, 6.45) is 2.71. The van der Waals surface area contributed by atoms with Crippen LogP contribution in [0.4, 0.5) is 10.5 Å². The predicted molar refractivity (Wildman–Crippen MR) is 100 cm³/mol. The highest BCUT2D eigenvalue weighted by molar-refractivity contribution is 7.81. The summed E-state index contributed by atoms with van der Waals surface area (Å²) >= 11 is 6.09. The second-order valence-electron chi connectivity index (χ2n) is 5.95. The smallest absolute Gasteiger partial charge is 0.410 e. The summed E-state index contributed by atoms with van der Waals surface area (Å²) in [7, 11) is 0. The Balaban J connectivity index is 1.91. The van der Waals surface area contributed by atoms with Crippen molar-refractivity contribution in [3.8, 4) is 5.75 Å². The molecule has 2 aromatic heterocycles. The second kappa shape index (κ2) is 6.78. The van der Waals surface area contributed by atoms with E-state index in [1.54, 1.807) is 34.9 Å². The van der Waals surface area contributed by atoms with Crippen LogP contribution in [-0.4, -0.2) is 27.4 Å². The first-order chi connectivity index (χ1) is 11.4. The van der Waals surface area contributed by atoms with Gasteiger partial charge in [0.15, 0.2) is 0 Å². The topological polar surface area (TPSA) is 55.3 Å². The Kier molecular flexibility index (Phi) is 4.73. The molecule has 0 saturated heterocycles. The van der Waals surface area contributed by atoms with Gasteiger partial charge in [0, 0.05) is 29.4 Å². The van der Waals surface area contributed by atoms with Crippen molar-refractivity contribution in [2.24, 2.45) is 0 Å². The predicted octanol–water partition coefficient (Wildman–Crippen LogP) is 4.41. The summed E-state index contributed by atoms with van der Waals surface area (Å²) < 4.78 is 6.12. The van der Waals surface area contributed by atoms with Gasteiger partial charge in [-0.3, -0.25) is 9.88 Å². The Bertz CT molecular complexity index is 844. The van der Waals surface area contributed by atoms with Crippen molar-refractivity contribution >= 4 is 46.0 Å². The van der Waals surface area contributed by atoms with Crippen molar-refractivity contribution in [3.63, 3.8) is 0 Å². The average Bonchev–Trinajstić information content (AvgIpc) is 3.00. The van der Waals surface area contributed by atoms with Crippen molar-refractivity contribution in [2.75, 3.05) is 11.4 Å². The number of anilines is 1. The molecule has 24 heavy (non-hydrogen) atoms. The number of nitrogens with zero attached hydrogens (tertiary/aromatic N) is 3. The first-order valence-electron chi connectivity index (χ1n) is 7.37. The highest BCUT2D eigenvalue weighted by Crippen LogP contribution is 2.27. The molecule has 0 saturated carbocycles. The van der Waals surface area contributed by atoms with E-state index in [0.29, 0.717) is 12.3 Å². The maximum absolute atomic E-state index is 12.7. The molecule has 0 aliphatic heterocycles. The molecule has 1 amide bonds. The summed E-state index contributed by atoms with van der Waals surface area (Å²) in [5.41, 5.74) is 3.46. The van der Waals surface area contributed by atoms with Crippen LogP contribution in [0.25, 0.3) is 10.2 Å². The van der Waals surface area contributed by atoms with Crippen molar-refractivity contribution in [3.05, 3.63) is 48.2 Å². The molecule has 0 bridgehead atoms. The number of amides is 1. The largest absolute Gasteiger partial charge is 0.419 e. The zero-order chi connectivity index (χ0) is 17.2. The van der Waals surface area contributed by atoms with Crippen LogP contribution in [0, 0.1) is 0 Å². The summed E-state index contributed by atoms with van der Waals surface area (Å²) in [6, 6.07) is 9.01. The summed E-state index contributed by atoms with van der Waals surface area (Å²) in [5, 5.41) is 0. The minimum Gasteiger partial charge on any atom is -0.410 e. The molecule has 7 heteroatoms. The maximum Gasteiger partial charge on any atom is 0.419 e. The third-order valence-electron chi connectivity index (χ3n) is 3.25. The number of carbonyl (C=O) groups excluding carboxylic acids is 1. The molecule has 0 aliphatic carbocycles. The Hall–Kier alpha value is -2.12. The highest BCUT2D eigenvalue weighted by atomic mass is 32.1. The fourth-order valence-electron chi connectivity index (χ4n) is 2.22. The molecular weight excluding hydrogens is 342 g/mol. The quantitative estimate of drug-likeness (QED) is 0.701. The Morgan fingerprint density at radius 2 is 2.04 bits per heavy atom. The molecule has 3 aromatic rings. The zero-order valence-electron chi connectivity index (χ0n) is 13.3. The number of fused-ring (bicyclic) bond motifs is 1. The van der Waals surface area contributed by atoms with Crippen LogP contribution in [0.3, 0.4) is 0 Å². The Morgan fingerprint density at radius 3 is 2.75 bits per heavy atom. The molecular formula is C17H17N3O2S2. The van der Waals surface area contributed by atoms with Gasteiger partial charge in [-0.1, -0.05) is 0 Å². The van der Waals surface area contributed by atoms with Crippen molar-refractivity contribution in [1.82, 2.24) is 9.97 Å². The van der Waals surface area contributed by atoms with Gasteiger partial charge in [0.2, 0.25) is 0 Å². The average molecular weight is 359 g/mol. The van der Waals surface area contributed by atoms with Gasteiger partial charge in [-0.15, -0.1) is 11.3 Å². The maximum atomic E-state index is 12.7. The second-order valence-corrected chi connectivity index (χ2v) is 8.05. The number of pyridine rings is 1. The number of hydrogen-bond donors (Lipinski definition) is 1. The van der Waals surface area contributed by atoms with Gasteiger partial charge in [-0.05, 0) is 44.2 Å². The van der Waals surface area contributed by atoms with Crippen LogP contribution in [-0.2, 0) is 0 Å². The van der Waals surface area contributed by atoms with E-state index in [2.05, 4.69) is 22.6 Å². The summed E-state index contributed by atoms with van der Waals surface area (Å²) in [4.78, 5) is 22.5. The zero-order valence-corrected chi connectivity index (χ0v) is 15.1. The van der Waals surface area contributed by atoms with Gasteiger partial charge in [0.25, 0.3) is 0 Å². The lowest BCUT2D eigenvalue weighted by Gasteiger charge is -2.28. The van der Waals surface area contributed by atoms with E-state index in [1.807, 2.05) is 32.0 Å². The standard InChI is InChI=1S/C17H17N3O2S2/c1-17(2,23)10-20(16(21)22-13-5-7-18-8-6-13)12-3-4-14-15(9-12)24-11-19-14/h3-9,11,23H,10H2,1-2H3. The molecule has 1 aromatic carbocycles. The molecule has 2 heterocycles. The van der Waals surface area contributed by atoms with Gasteiger partial charge in [-0.2, -0.15) is 12.6 Å². The minimum absolute atomic E-state index is 0.375. The van der Waals surface area contributed by atoms with Crippen LogP contribution >= 0.6 is 24.0 Å². The monoisotopic (exact) mass is 359 g/mol. The molecule has 0 fully saturated rings. The lowest BCUT2D eigenvalue weighted by molar-refractivity contribution is 0.207. The lowest BCUT2D eigenvalue weighted by Crippen LogP contribution is -2.41. The number of thiazole rings is 1. The molecule has 0 radical (unpaired) electrons. The van der Waals surface area contributed by atoms with Gasteiger partial charge in [-0.25, -0.2) is 9.78 Å². The van der Waals surface area contributed by atoms with Gasteiger partial charge in [0.1, 0.15) is 5.75 Å². The van der Waals surface area contributed by atoms with Gasteiger partial charge >= 0.3 is 6.09 Å². The van der Waals surface area contributed by atoms with E-state index in [-0.39, 0.29) is 4.75 Å². The molecule has 5 nitrogen and oxygen atoms in total. The number of hydrogen-bond acceptors (Lipinski definition) is 6. The van der Waals surface area contributed by atoms with Crippen molar-refractivity contribution in [1.29, 1.82) is 0 Å². The Labute approximate surface area is 149 Å². The molecule has 3 rings (SSSR count). The summed E-state index contributed by atoms with van der Waals surface area (Å²) in [6.45, 7) is 4.31. The molecule has 0 aliphatic rings. The number of rotatable bonds is 4. The molecule has 0 spiro atoms. The van der Waals surface area contributed by atoms with Crippen LogP contribution < -0.4 is 9.64 Å². The number of aromatic nitrogens is 2. The normalized spacial score (nSPS) is 11.5. The minimum atomic E-state index is -0.452. The van der Waals surface area contributed by atoms with E-state index in [0.717, 1.165) is 15.9 Å². The first kappa shape index (κ1) is 16.7. The van der Waals surface area contributed by atoms with Gasteiger partial charge in [0.05, 0.1) is 15.7 Å². The van der Waals surface area contributed by atoms with Crippen LogP contribution in [0.15, 0.2) is 48.2 Å². The van der Waals surface area contributed by atoms with E-state index in [9.17, 15) is 4.79 Å².